The highest BCUT2D eigenvalue weighted by Gasteiger charge is 2.26. The maximum atomic E-state index is 11.7. The van der Waals surface area contributed by atoms with Gasteiger partial charge in [-0.05, 0) is 32.4 Å². The number of aliphatic carboxylic acids is 1. The molecule has 3 atom stereocenters. The lowest BCUT2D eigenvalue weighted by Crippen LogP contribution is -2.51. The van der Waals surface area contributed by atoms with Crippen LogP contribution >= 0.6 is 0 Å². The monoisotopic (exact) mass is 271 g/mol. The third-order valence-electron chi connectivity index (χ3n) is 3.94. The van der Waals surface area contributed by atoms with Gasteiger partial charge in [0.15, 0.2) is 0 Å². The quantitative estimate of drug-likeness (QED) is 0.670. The first-order chi connectivity index (χ1) is 8.95. The highest BCUT2D eigenvalue weighted by atomic mass is 16.4. The van der Waals surface area contributed by atoms with E-state index in [1.54, 1.807) is 0 Å². The first kappa shape index (κ1) is 15.8. The number of nitrogens with one attached hydrogen (secondary N) is 2. The second-order valence-electron chi connectivity index (χ2n) is 5.33. The van der Waals surface area contributed by atoms with E-state index in [0.717, 1.165) is 19.4 Å². The first-order valence-corrected chi connectivity index (χ1v) is 6.93. The highest BCUT2D eigenvalue weighted by molar-refractivity contribution is 5.82. The minimum Gasteiger partial charge on any atom is -0.480 e. The van der Waals surface area contributed by atoms with Gasteiger partial charge in [0.2, 0.25) is 0 Å². The molecule has 1 aliphatic rings. The van der Waals surface area contributed by atoms with Crippen LogP contribution in [-0.4, -0.2) is 54.2 Å². The minimum absolute atomic E-state index is 0.0857. The zero-order valence-electron chi connectivity index (χ0n) is 12.0. The Kier molecular flexibility index (Phi) is 6.08. The molecule has 0 aromatic heterocycles. The molecule has 1 rings (SSSR count). The van der Waals surface area contributed by atoms with Gasteiger partial charge in [0.05, 0.1) is 0 Å². The van der Waals surface area contributed by atoms with Gasteiger partial charge in [-0.25, -0.2) is 9.59 Å². The van der Waals surface area contributed by atoms with E-state index in [4.69, 9.17) is 5.11 Å². The molecule has 2 amide bonds. The zero-order chi connectivity index (χ0) is 14.4. The van der Waals surface area contributed by atoms with Crippen LogP contribution in [0.1, 0.15) is 33.1 Å². The van der Waals surface area contributed by atoms with E-state index in [-0.39, 0.29) is 5.92 Å². The van der Waals surface area contributed by atoms with Gasteiger partial charge < -0.3 is 20.6 Å². The number of likely N-dealkylation sites (N-methyl/N-ethyl adjacent to an activating group) is 1. The maximum Gasteiger partial charge on any atom is 0.326 e. The number of carboxylic acid groups (broad SMARTS) is 1. The summed E-state index contributed by atoms with van der Waals surface area (Å²) < 4.78 is 0. The van der Waals surface area contributed by atoms with Gasteiger partial charge in [0, 0.05) is 12.6 Å². The fourth-order valence-electron chi connectivity index (χ4n) is 2.32. The van der Waals surface area contributed by atoms with Crippen LogP contribution in [0.15, 0.2) is 0 Å². The fourth-order valence-corrected chi connectivity index (χ4v) is 2.32. The largest absolute Gasteiger partial charge is 0.480 e. The van der Waals surface area contributed by atoms with Crippen molar-refractivity contribution in [2.45, 2.75) is 45.2 Å². The summed E-state index contributed by atoms with van der Waals surface area (Å²) >= 11 is 0. The van der Waals surface area contributed by atoms with Crippen molar-refractivity contribution in [1.29, 1.82) is 0 Å². The predicted molar refractivity (Wildman–Crippen MR) is 73.1 cm³/mol. The third kappa shape index (κ3) is 4.70. The molecule has 1 fully saturated rings. The number of nitrogens with zero attached hydrogens (tertiary/aromatic N) is 1. The van der Waals surface area contributed by atoms with Crippen molar-refractivity contribution in [2.75, 3.05) is 20.1 Å². The van der Waals surface area contributed by atoms with E-state index in [1.165, 1.54) is 0 Å². The number of rotatable bonds is 6. The van der Waals surface area contributed by atoms with Gasteiger partial charge >= 0.3 is 12.0 Å². The van der Waals surface area contributed by atoms with Crippen molar-refractivity contribution in [2.24, 2.45) is 5.92 Å². The minimum atomic E-state index is -0.984. The molecule has 1 aliphatic heterocycles. The molecule has 6 nitrogen and oxygen atoms in total. The van der Waals surface area contributed by atoms with Crippen molar-refractivity contribution < 1.29 is 14.7 Å². The number of amides is 2. The van der Waals surface area contributed by atoms with Gasteiger partial charge in [-0.15, -0.1) is 0 Å². The summed E-state index contributed by atoms with van der Waals surface area (Å²) in [6.07, 6.45) is 2.93. The molecule has 0 spiro atoms. The topological polar surface area (TPSA) is 81.7 Å². The van der Waals surface area contributed by atoms with Crippen molar-refractivity contribution in [3.05, 3.63) is 0 Å². The van der Waals surface area contributed by atoms with Crippen LogP contribution in [0.2, 0.25) is 0 Å². The number of carbonyl (C=O) groups excluding carboxylic acids is 1. The molecule has 0 bridgehead atoms. The summed E-state index contributed by atoms with van der Waals surface area (Å²) in [5, 5.41) is 14.4. The van der Waals surface area contributed by atoms with Gasteiger partial charge in [-0.3, -0.25) is 0 Å². The van der Waals surface area contributed by atoms with Crippen molar-refractivity contribution >= 4 is 12.0 Å². The molecule has 0 radical (unpaired) electrons. The number of hydrogen-bond acceptors (Lipinski definition) is 3. The normalized spacial score (nSPS) is 22.8. The molecule has 3 N–H and O–H groups in total. The molecular weight excluding hydrogens is 246 g/mol. The average molecular weight is 271 g/mol. The van der Waals surface area contributed by atoms with E-state index in [1.807, 2.05) is 20.9 Å². The van der Waals surface area contributed by atoms with Crippen LogP contribution in [0.3, 0.4) is 0 Å². The Morgan fingerprint density at radius 3 is 2.63 bits per heavy atom. The molecule has 2 unspecified atom stereocenters. The van der Waals surface area contributed by atoms with Crippen LogP contribution < -0.4 is 10.6 Å². The molecule has 0 aliphatic carbocycles. The van der Waals surface area contributed by atoms with Crippen LogP contribution in [0, 0.1) is 5.92 Å². The molecular formula is C13H25N3O3. The van der Waals surface area contributed by atoms with E-state index < -0.39 is 18.0 Å². The summed E-state index contributed by atoms with van der Waals surface area (Å²) in [6, 6.07) is -0.864. The lowest BCUT2D eigenvalue weighted by atomic mass is 9.99. The molecule has 0 aromatic rings. The van der Waals surface area contributed by atoms with E-state index in [9.17, 15) is 9.59 Å². The summed E-state index contributed by atoms with van der Waals surface area (Å²) in [5.41, 5.74) is 0. The zero-order valence-corrected chi connectivity index (χ0v) is 12.0. The SMILES string of the molecule is CCC(C)[C@H](NC(=O)NCC1CCCN1C)C(=O)O. The third-order valence-corrected chi connectivity index (χ3v) is 3.94. The van der Waals surface area contributed by atoms with Gasteiger partial charge in [0.1, 0.15) is 6.04 Å². The first-order valence-electron chi connectivity index (χ1n) is 6.93. The van der Waals surface area contributed by atoms with Gasteiger partial charge in [-0.2, -0.15) is 0 Å². The second kappa shape index (κ2) is 7.33. The van der Waals surface area contributed by atoms with Crippen molar-refractivity contribution in [3.63, 3.8) is 0 Å². The van der Waals surface area contributed by atoms with E-state index >= 15 is 0 Å². The van der Waals surface area contributed by atoms with E-state index in [0.29, 0.717) is 19.0 Å². The second-order valence-corrected chi connectivity index (χ2v) is 5.33. The Balaban J connectivity index is 2.38. The molecule has 110 valence electrons. The van der Waals surface area contributed by atoms with Crippen LogP contribution in [-0.2, 0) is 4.79 Å². The lowest BCUT2D eigenvalue weighted by molar-refractivity contribution is -0.140. The smallest absolute Gasteiger partial charge is 0.326 e. The summed E-state index contributed by atoms with van der Waals surface area (Å²) in [6.45, 7) is 5.35. The average Bonchev–Trinajstić information content (AvgIpc) is 2.77. The standard InChI is InChI=1S/C13H25N3O3/c1-4-9(2)11(12(17)18)15-13(19)14-8-10-6-5-7-16(10)3/h9-11H,4-8H2,1-3H3,(H,17,18)(H2,14,15,19)/t9?,10?,11-/m0/s1. The number of likely N-dealkylation sites (tertiary alicyclic amines) is 1. The number of hydrogen-bond donors (Lipinski definition) is 3. The summed E-state index contributed by atoms with van der Waals surface area (Å²) in [7, 11) is 2.04. The Labute approximate surface area is 114 Å². The van der Waals surface area contributed by atoms with Crippen LogP contribution in [0.5, 0.6) is 0 Å². The Bertz CT molecular complexity index is 322. The number of carbonyl (C=O) groups is 2. The molecule has 0 saturated carbocycles. The van der Waals surface area contributed by atoms with Gasteiger partial charge in [0.25, 0.3) is 0 Å². The van der Waals surface area contributed by atoms with Crippen molar-refractivity contribution in [3.8, 4) is 0 Å². The van der Waals surface area contributed by atoms with Crippen LogP contribution in [0.4, 0.5) is 4.79 Å². The molecule has 1 saturated heterocycles. The highest BCUT2D eigenvalue weighted by Crippen LogP contribution is 2.13. The number of carboxylic acids is 1. The number of urea groups is 1. The summed E-state index contributed by atoms with van der Waals surface area (Å²) in [5.74, 6) is -1.07. The van der Waals surface area contributed by atoms with E-state index in [2.05, 4.69) is 15.5 Å². The maximum absolute atomic E-state index is 11.7. The Morgan fingerprint density at radius 1 is 1.47 bits per heavy atom. The molecule has 0 aromatic carbocycles. The Morgan fingerprint density at radius 2 is 2.16 bits per heavy atom. The summed E-state index contributed by atoms with van der Waals surface area (Å²) in [4.78, 5) is 25.0. The fraction of sp³-hybridized carbons (Fsp3) is 0.846. The van der Waals surface area contributed by atoms with Gasteiger partial charge in [-0.1, -0.05) is 20.3 Å². The lowest BCUT2D eigenvalue weighted by Gasteiger charge is -2.23. The Hall–Kier alpha value is -1.30. The molecule has 6 heteroatoms. The predicted octanol–water partition coefficient (Wildman–Crippen LogP) is 0.879. The molecule has 19 heavy (non-hydrogen) atoms. The van der Waals surface area contributed by atoms with Crippen molar-refractivity contribution in [1.82, 2.24) is 15.5 Å². The molecule has 1 heterocycles. The van der Waals surface area contributed by atoms with Crippen LogP contribution in [0.25, 0.3) is 0 Å².